The van der Waals surface area contributed by atoms with E-state index in [9.17, 15) is 9.59 Å². The Hall–Kier alpha value is -2.83. The number of likely N-dealkylation sites (tertiary alicyclic amines) is 1. The van der Waals surface area contributed by atoms with Gasteiger partial charge in [-0.15, -0.1) is 0 Å². The van der Waals surface area contributed by atoms with Gasteiger partial charge in [0, 0.05) is 24.7 Å². The number of carbonyl (C=O) groups is 2. The van der Waals surface area contributed by atoms with Crippen LogP contribution in [0.2, 0.25) is 0 Å². The molecule has 3 rings (SSSR count). The summed E-state index contributed by atoms with van der Waals surface area (Å²) in [5, 5.41) is 4.28. The third kappa shape index (κ3) is 5.32. The first-order valence-electron chi connectivity index (χ1n) is 9.06. The molecule has 0 unspecified atom stereocenters. The second-order valence-corrected chi connectivity index (χ2v) is 7.63. The van der Waals surface area contributed by atoms with Gasteiger partial charge in [-0.1, -0.05) is 18.2 Å². The monoisotopic (exact) mass is 371 g/mol. The maximum absolute atomic E-state index is 12.2. The minimum Gasteiger partial charge on any atom is -0.460 e. The molecule has 0 spiro atoms. The first-order valence-corrected chi connectivity index (χ1v) is 9.06. The molecule has 7 nitrogen and oxygen atoms in total. The summed E-state index contributed by atoms with van der Waals surface area (Å²) in [5.41, 5.74) is 1.18. The molecule has 27 heavy (non-hydrogen) atoms. The van der Waals surface area contributed by atoms with E-state index in [0.717, 1.165) is 11.3 Å². The predicted octanol–water partition coefficient (Wildman–Crippen LogP) is 2.97. The first kappa shape index (κ1) is 18.9. The SMILES string of the molecule is CC(C)(C)OC(=O)N1CC[C@H](OC(=O)Cc2cnn(-c3ccccc3)c2)C1. The number of para-hydroxylation sites is 1. The first-order chi connectivity index (χ1) is 12.8. The summed E-state index contributed by atoms with van der Waals surface area (Å²) < 4.78 is 12.6. The van der Waals surface area contributed by atoms with Crippen LogP contribution in [0.25, 0.3) is 5.69 Å². The molecule has 1 aromatic carbocycles. The van der Waals surface area contributed by atoms with Gasteiger partial charge in [-0.25, -0.2) is 9.48 Å². The highest BCUT2D eigenvalue weighted by Gasteiger charge is 2.31. The normalized spacial score (nSPS) is 17.0. The molecule has 0 bridgehead atoms. The number of rotatable bonds is 4. The highest BCUT2D eigenvalue weighted by atomic mass is 16.6. The molecule has 7 heteroatoms. The molecule has 0 aliphatic carbocycles. The van der Waals surface area contributed by atoms with E-state index in [-0.39, 0.29) is 24.6 Å². The zero-order valence-electron chi connectivity index (χ0n) is 15.9. The lowest BCUT2D eigenvalue weighted by Gasteiger charge is -2.24. The van der Waals surface area contributed by atoms with Crippen LogP contribution in [0.3, 0.4) is 0 Å². The molecule has 1 saturated heterocycles. The fraction of sp³-hybridized carbons (Fsp3) is 0.450. The molecule has 1 atom stereocenters. The minimum absolute atomic E-state index is 0.149. The topological polar surface area (TPSA) is 73.7 Å². The van der Waals surface area contributed by atoms with Crippen molar-refractivity contribution in [2.45, 2.75) is 45.3 Å². The van der Waals surface area contributed by atoms with Gasteiger partial charge in [-0.3, -0.25) is 4.79 Å². The van der Waals surface area contributed by atoms with Crippen LogP contribution in [0.15, 0.2) is 42.7 Å². The summed E-state index contributed by atoms with van der Waals surface area (Å²) in [6.45, 7) is 6.37. The zero-order chi connectivity index (χ0) is 19.4. The van der Waals surface area contributed by atoms with Crippen LogP contribution in [0.5, 0.6) is 0 Å². The number of hydrogen-bond acceptors (Lipinski definition) is 5. The van der Waals surface area contributed by atoms with Crippen molar-refractivity contribution < 1.29 is 19.1 Å². The highest BCUT2D eigenvalue weighted by molar-refractivity contribution is 5.73. The predicted molar refractivity (Wildman–Crippen MR) is 99.6 cm³/mol. The van der Waals surface area contributed by atoms with Gasteiger partial charge >= 0.3 is 12.1 Å². The van der Waals surface area contributed by atoms with Crippen molar-refractivity contribution in [1.82, 2.24) is 14.7 Å². The lowest BCUT2D eigenvalue weighted by molar-refractivity contribution is -0.147. The van der Waals surface area contributed by atoms with Crippen LogP contribution in [0, 0.1) is 0 Å². The smallest absolute Gasteiger partial charge is 0.410 e. The Bertz CT molecular complexity index is 795. The van der Waals surface area contributed by atoms with E-state index in [0.29, 0.717) is 19.5 Å². The van der Waals surface area contributed by atoms with Crippen molar-refractivity contribution in [3.05, 3.63) is 48.3 Å². The highest BCUT2D eigenvalue weighted by Crippen LogP contribution is 2.18. The number of ether oxygens (including phenoxy) is 2. The maximum atomic E-state index is 12.2. The lowest BCUT2D eigenvalue weighted by Crippen LogP contribution is -2.36. The van der Waals surface area contributed by atoms with Crippen LogP contribution in [-0.2, 0) is 20.7 Å². The van der Waals surface area contributed by atoms with Gasteiger partial charge in [-0.2, -0.15) is 5.10 Å². The Morgan fingerprint density at radius 3 is 2.67 bits per heavy atom. The van der Waals surface area contributed by atoms with Gasteiger partial charge in [0.2, 0.25) is 0 Å². The van der Waals surface area contributed by atoms with Gasteiger partial charge in [0.15, 0.2) is 0 Å². The van der Waals surface area contributed by atoms with Crippen LogP contribution in [0.4, 0.5) is 4.79 Å². The van der Waals surface area contributed by atoms with Gasteiger partial charge in [0.05, 0.1) is 24.8 Å². The largest absolute Gasteiger partial charge is 0.460 e. The summed E-state index contributed by atoms with van der Waals surface area (Å²) >= 11 is 0. The average molecular weight is 371 g/mol. The lowest BCUT2D eigenvalue weighted by atomic mass is 10.2. The Balaban J connectivity index is 1.49. The Morgan fingerprint density at radius 2 is 1.96 bits per heavy atom. The summed E-state index contributed by atoms with van der Waals surface area (Å²) in [7, 11) is 0. The number of benzene rings is 1. The second-order valence-electron chi connectivity index (χ2n) is 7.63. The number of amides is 1. The van der Waals surface area contributed by atoms with Gasteiger partial charge in [0.25, 0.3) is 0 Å². The standard InChI is InChI=1S/C20H25N3O4/c1-20(2,3)27-19(25)22-10-9-17(14-22)26-18(24)11-15-12-21-23(13-15)16-7-5-4-6-8-16/h4-8,12-13,17H,9-11,14H2,1-3H3/t17-/m0/s1. The Morgan fingerprint density at radius 1 is 1.22 bits per heavy atom. The summed E-state index contributed by atoms with van der Waals surface area (Å²) in [4.78, 5) is 25.9. The quantitative estimate of drug-likeness (QED) is 0.773. The molecule has 2 aromatic rings. The number of aromatic nitrogens is 2. The number of hydrogen-bond donors (Lipinski definition) is 0. The summed E-state index contributed by atoms with van der Waals surface area (Å²) in [6.07, 6.45) is 3.58. The molecular formula is C20H25N3O4. The van der Waals surface area contributed by atoms with Crippen LogP contribution in [0.1, 0.15) is 32.8 Å². The van der Waals surface area contributed by atoms with Crippen molar-refractivity contribution >= 4 is 12.1 Å². The van der Waals surface area contributed by atoms with E-state index in [2.05, 4.69) is 5.10 Å². The maximum Gasteiger partial charge on any atom is 0.410 e. The Labute approximate surface area is 158 Å². The molecule has 1 aromatic heterocycles. The van der Waals surface area contributed by atoms with Crippen LogP contribution >= 0.6 is 0 Å². The molecule has 1 aliphatic heterocycles. The van der Waals surface area contributed by atoms with Gasteiger partial charge in [-0.05, 0) is 32.9 Å². The van der Waals surface area contributed by atoms with E-state index >= 15 is 0 Å². The number of esters is 1. The van der Waals surface area contributed by atoms with Crippen LogP contribution in [-0.4, -0.2) is 51.5 Å². The van der Waals surface area contributed by atoms with E-state index in [4.69, 9.17) is 9.47 Å². The summed E-state index contributed by atoms with van der Waals surface area (Å²) in [6, 6.07) is 9.69. The van der Waals surface area contributed by atoms with E-state index in [1.807, 2.05) is 57.3 Å². The third-order valence-corrected chi connectivity index (χ3v) is 4.10. The van der Waals surface area contributed by atoms with Crippen molar-refractivity contribution in [1.29, 1.82) is 0 Å². The molecule has 1 fully saturated rings. The molecule has 1 amide bonds. The van der Waals surface area contributed by atoms with Crippen LogP contribution < -0.4 is 0 Å². The molecule has 0 N–H and O–H groups in total. The minimum atomic E-state index is -0.537. The molecule has 1 aliphatic rings. The number of carbonyl (C=O) groups excluding carboxylic acids is 2. The average Bonchev–Trinajstić information content (AvgIpc) is 3.24. The zero-order valence-corrected chi connectivity index (χ0v) is 15.9. The molecule has 0 radical (unpaired) electrons. The third-order valence-electron chi connectivity index (χ3n) is 4.10. The van der Waals surface area contributed by atoms with Crippen molar-refractivity contribution in [2.75, 3.05) is 13.1 Å². The van der Waals surface area contributed by atoms with Crippen molar-refractivity contribution in [3.8, 4) is 5.69 Å². The van der Waals surface area contributed by atoms with E-state index in [1.54, 1.807) is 15.8 Å². The fourth-order valence-corrected chi connectivity index (χ4v) is 2.88. The fourth-order valence-electron chi connectivity index (χ4n) is 2.88. The molecular weight excluding hydrogens is 346 g/mol. The summed E-state index contributed by atoms with van der Waals surface area (Å²) in [5.74, 6) is -0.321. The van der Waals surface area contributed by atoms with Gasteiger partial charge in [0.1, 0.15) is 11.7 Å². The molecule has 2 heterocycles. The Kier molecular flexibility index (Phi) is 5.48. The molecule has 144 valence electrons. The van der Waals surface area contributed by atoms with Crippen molar-refractivity contribution in [2.24, 2.45) is 0 Å². The molecule has 0 saturated carbocycles. The number of nitrogens with zero attached hydrogens (tertiary/aromatic N) is 3. The van der Waals surface area contributed by atoms with E-state index in [1.165, 1.54) is 0 Å². The van der Waals surface area contributed by atoms with Gasteiger partial charge < -0.3 is 14.4 Å². The van der Waals surface area contributed by atoms with E-state index < -0.39 is 5.60 Å². The second kappa shape index (κ2) is 7.82. The van der Waals surface area contributed by atoms with Crippen molar-refractivity contribution in [3.63, 3.8) is 0 Å².